The first-order chi connectivity index (χ1) is 6.85. The summed E-state index contributed by atoms with van der Waals surface area (Å²) in [5, 5.41) is 0. The number of allylic oxidation sites excluding steroid dienone is 2. The van der Waals surface area contributed by atoms with E-state index in [-0.39, 0.29) is 0 Å². The largest absolute Gasteiger partial charge is 0.0914 e. The van der Waals surface area contributed by atoms with E-state index < -0.39 is 0 Å². The molecule has 0 saturated carbocycles. The number of hydrogen-bond acceptors (Lipinski definition) is 0. The van der Waals surface area contributed by atoms with E-state index in [1.807, 2.05) is 0 Å². The van der Waals surface area contributed by atoms with Crippen molar-refractivity contribution >= 4 is 0 Å². The lowest BCUT2D eigenvalue weighted by atomic mass is 9.95. The summed E-state index contributed by atoms with van der Waals surface area (Å²) in [6.07, 6.45) is 15.8. The Labute approximate surface area is 90.8 Å². The lowest BCUT2D eigenvalue weighted by Crippen LogP contribution is -1.96. The molecule has 0 unspecified atom stereocenters. The molecule has 0 N–H and O–H groups in total. The predicted molar refractivity (Wildman–Crippen MR) is 66.6 cm³/mol. The second-order valence-corrected chi connectivity index (χ2v) is 4.28. The Morgan fingerprint density at radius 3 is 1.71 bits per heavy atom. The van der Waals surface area contributed by atoms with Crippen LogP contribution >= 0.6 is 0 Å². The average Bonchev–Trinajstić information content (AvgIpc) is 2.18. The first-order valence-corrected chi connectivity index (χ1v) is 6.47. The van der Waals surface area contributed by atoms with E-state index in [0.29, 0.717) is 0 Å². The molecule has 0 aliphatic rings. The Bertz CT molecular complexity index is 114. The first-order valence-electron chi connectivity index (χ1n) is 6.47. The molecular formula is C14H28. The molecule has 0 fully saturated rings. The maximum absolute atomic E-state index is 2.41. The summed E-state index contributed by atoms with van der Waals surface area (Å²) in [6.45, 7) is 6.70. The summed E-state index contributed by atoms with van der Waals surface area (Å²) in [6, 6.07) is 0. The predicted octanol–water partition coefficient (Wildman–Crippen LogP) is 5.34. The molecule has 0 rings (SSSR count). The molecule has 0 radical (unpaired) electrons. The molecule has 0 bridgehead atoms. The van der Waals surface area contributed by atoms with Crippen molar-refractivity contribution in [3.63, 3.8) is 0 Å². The smallest absolute Gasteiger partial charge is 0.0234 e. The van der Waals surface area contributed by atoms with Gasteiger partial charge in [0.1, 0.15) is 0 Å². The van der Waals surface area contributed by atoms with Crippen LogP contribution in [0, 0.1) is 5.92 Å². The third-order valence-electron chi connectivity index (χ3n) is 2.82. The molecule has 0 nitrogen and oxygen atoms in total. The second-order valence-electron chi connectivity index (χ2n) is 4.28. The molecule has 0 aromatic carbocycles. The zero-order chi connectivity index (χ0) is 10.6. The molecule has 0 aromatic rings. The van der Waals surface area contributed by atoms with Gasteiger partial charge >= 0.3 is 0 Å². The maximum Gasteiger partial charge on any atom is -0.0234 e. The zero-order valence-corrected chi connectivity index (χ0v) is 10.4. The van der Waals surface area contributed by atoms with Gasteiger partial charge in [-0.25, -0.2) is 0 Å². The van der Waals surface area contributed by atoms with Gasteiger partial charge in [0.15, 0.2) is 0 Å². The van der Waals surface area contributed by atoms with Crippen LogP contribution in [0.25, 0.3) is 0 Å². The van der Waals surface area contributed by atoms with E-state index in [2.05, 4.69) is 32.9 Å². The molecule has 0 aliphatic carbocycles. The van der Waals surface area contributed by atoms with Gasteiger partial charge in [-0.05, 0) is 25.7 Å². The van der Waals surface area contributed by atoms with Crippen LogP contribution in [-0.2, 0) is 0 Å². The Balaban J connectivity index is 3.55. The fourth-order valence-electron chi connectivity index (χ4n) is 1.92. The number of hydrogen-bond donors (Lipinski definition) is 0. The second kappa shape index (κ2) is 10.8. The minimum absolute atomic E-state index is 0.859. The van der Waals surface area contributed by atoms with Crippen LogP contribution in [0.5, 0.6) is 0 Å². The summed E-state index contributed by atoms with van der Waals surface area (Å²) < 4.78 is 0. The molecule has 0 aromatic heterocycles. The van der Waals surface area contributed by atoms with Crippen molar-refractivity contribution in [2.75, 3.05) is 0 Å². The standard InChI is InChI=1S/C14H28/c1-4-7-9-12-14(11-6-3)13-10-8-5-2/h6,11,14H,4-5,7-10,12-13H2,1-3H3. The van der Waals surface area contributed by atoms with E-state index in [4.69, 9.17) is 0 Å². The summed E-state index contributed by atoms with van der Waals surface area (Å²) in [5.74, 6) is 0.859. The van der Waals surface area contributed by atoms with Gasteiger partial charge < -0.3 is 0 Å². The topological polar surface area (TPSA) is 0 Å². The van der Waals surface area contributed by atoms with Gasteiger partial charge in [0.05, 0.1) is 0 Å². The van der Waals surface area contributed by atoms with Gasteiger partial charge in [-0.3, -0.25) is 0 Å². The van der Waals surface area contributed by atoms with Crippen LogP contribution in [0.3, 0.4) is 0 Å². The normalized spacial score (nSPS) is 11.7. The minimum Gasteiger partial charge on any atom is -0.0914 e. The van der Waals surface area contributed by atoms with Crippen molar-refractivity contribution in [3.05, 3.63) is 12.2 Å². The van der Waals surface area contributed by atoms with Crippen molar-refractivity contribution in [1.82, 2.24) is 0 Å². The molecule has 0 heterocycles. The molecule has 0 saturated heterocycles. The van der Waals surface area contributed by atoms with Crippen molar-refractivity contribution in [2.24, 2.45) is 5.92 Å². The van der Waals surface area contributed by atoms with E-state index in [1.165, 1.54) is 51.4 Å². The van der Waals surface area contributed by atoms with Crippen molar-refractivity contribution in [3.8, 4) is 0 Å². The average molecular weight is 196 g/mol. The Morgan fingerprint density at radius 1 is 0.857 bits per heavy atom. The molecule has 0 amide bonds. The minimum atomic E-state index is 0.859. The van der Waals surface area contributed by atoms with Crippen LogP contribution in [0.4, 0.5) is 0 Å². The van der Waals surface area contributed by atoms with Crippen molar-refractivity contribution in [2.45, 2.75) is 72.1 Å². The number of rotatable bonds is 9. The van der Waals surface area contributed by atoms with Gasteiger partial charge in [0.2, 0.25) is 0 Å². The van der Waals surface area contributed by atoms with Crippen molar-refractivity contribution in [1.29, 1.82) is 0 Å². The highest BCUT2D eigenvalue weighted by molar-refractivity contribution is 4.85. The molecular weight excluding hydrogens is 168 g/mol. The van der Waals surface area contributed by atoms with Crippen molar-refractivity contribution < 1.29 is 0 Å². The zero-order valence-electron chi connectivity index (χ0n) is 10.4. The molecule has 14 heavy (non-hydrogen) atoms. The third kappa shape index (κ3) is 8.34. The van der Waals surface area contributed by atoms with Crippen LogP contribution in [0.1, 0.15) is 72.1 Å². The fraction of sp³-hybridized carbons (Fsp3) is 0.857. The van der Waals surface area contributed by atoms with Crippen LogP contribution in [0.15, 0.2) is 12.2 Å². The summed E-state index contributed by atoms with van der Waals surface area (Å²) in [7, 11) is 0. The first kappa shape index (κ1) is 13.7. The Hall–Kier alpha value is -0.260. The Morgan fingerprint density at radius 2 is 1.36 bits per heavy atom. The monoisotopic (exact) mass is 196 g/mol. The van der Waals surface area contributed by atoms with E-state index in [9.17, 15) is 0 Å². The summed E-state index contributed by atoms with van der Waals surface area (Å²) in [5.41, 5.74) is 0. The van der Waals surface area contributed by atoms with Crippen LogP contribution in [-0.4, -0.2) is 0 Å². The lowest BCUT2D eigenvalue weighted by molar-refractivity contribution is 0.481. The summed E-state index contributed by atoms with van der Waals surface area (Å²) >= 11 is 0. The quantitative estimate of drug-likeness (QED) is 0.345. The van der Waals surface area contributed by atoms with E-state index in [0.717, 1.165) is 5.92 Å². The van der Waals surface area contributed by atoms with Gasteiger partial charge in [0, 0.05) is 0 Å². The van der Waals surface area contributed by atoms with E-state index in [1.54, 1.807) is 0 Å². The SMILES string of the molecule is CC=CC(CCCCC)CCCCC. The third-order valence-corrected chi connectivity index (χ3v) is 2.82. The molecule has 0 atom stereocenters. The molecule has 0 spiro atoms. The van der Waals surface area contributed by atoms with Gasteiger partial charge in [0.25, 0.3) is 0 Å². The van der Waals surface area contributed by atoms with E-state index >= 15 is 0 Å². The molecule has 84 valence electrons. The van der Waals surface area contributed by atoms with Crippen LogP contribution in [0.2, 0.25) is 0 Å². The molecule has 0 aliphatic heterocycles. The van der Waals surface area contributed by atoms with Gasteiger partial charge in [-0.15, -0.1) is 0 Å². The fourth-order valence-corrected chi connectivity index (χ4v) is 1.92. The molecule has 0 heteroatoms. The summed E-state index contributed by atoms with van der Waals surface area (Å²) in [4.78, 5) is 0. The lowest BCUT2D eigenvalue weighted by Gasteiger charge is -2.11. The van der Waals surface area contributed by atoms with Gasteiger partial charge in [-0.2, -0.15) is 0 Å². The van der Waals surface area contributed by atoms with Gasteiger partial charge in [-0.1, -0.05) is 64.5 Å². The maximum atomic E-state index is 2.41. The highest BCUT2D eigenvalue weighted by Crippen LogP contribution is 2.18. The highest BCUT2D eigenvalue weighted by Gasteiger charge is 2.03. The Kier molecular flexibility index (Phi) is 10.6. The van der Waals surface area contributed by atoms with Crippen LogP contribution < -0.4 is 0 Å². The highest BCUT2D eigenvalue weighted by atomic mass is 14.1. The number of unbranched alkanes of at least 4 members (excludes halogenated alkanes) is 4.